The van der Waals surface area contributed by atoms with Gasteiger partial charge in [0.25, 0.3) is 0 Å². The van der Waals surface area contributed by atoms with Crippen molar-refractivity contribution < 1.29 is 8.42 Å². The van der Waals surface area contributed by atoms with Gasteiger partial charge in [-0.15, -0.1) is 0 Å². The zero-order valence-electron chi connectivity index (χ0n) is 11.6. The lowest BCUT2D eigenvalue weighted by atomic mass is 9.86. The van der Waals surface area contributed by atoms with Crippen LogP contribution in [-0.4, -0.2) is 50.3 Å². The highest BCUT2D eigenvalue weighted by molar-refractivity contribution is 7.91. The maximum absolute atomic E-state index is 11.4. The molecule has 18 heavy (non-hydrogen) atoms. The van der Waals surface area contributed by atoms with Crippen LogP contribution in [0.3, 0.4) is 0 Å². The van der Waals surface area contributed by atoms with E-state index in [1.165, 1.54) is 0 Å². The SMILES string of the molecule is CN(CCCC(C)(C)C(=N)N)C1CCS(=O)(=O)C1. The number of sulfone groups is 1. The summed E-state index contributed by atoms with van der Waals surface area (Å²) in [6.07, 6.45) is 2.53. The van der Waals surface area contributed by atoms with E-state index in [0.29, 0.717) is 11.5 Å². The van der Waals surface area contributed by atoms with Crippen LogP contribution >= 0.6 is 0 Å². The maximum atomic E-state index is 11.4. The Morgan fingerprint density at radius 1 is 1.50 bits per heavy atom. The molecule has 1 fully saturated rings. The number of hydrogen-bond donors (Lipinski definition) is 2. The van der Waals surface area contributed by atoms with Gasteiger partial charge in [-0.05, 0) is 32.9 Å². The Hall–Kier alpha value is -0.620. The largest absolute Gasteiger partial charge is 0.387 e. The summed E-state index contributed by atoms with van der Waals surface area (Å²) in [5.74, 6) is 0.828. The molecule has 1 atom stereocenters. The minimum Gasteiger partial charge on any atom is -0.387 e. The number of amidine groups is 1. The summed E-state index contributed by atoms with van der Waals surface area (Å²) in [6, 6.07) is 0.162. The Balaban J connectivity index is 2.35. The molecule has 0 saturated carbocycles. The summed E-state index contributed by atoms with van der Waals surface area (Å²) >= 11 is 0. The predicted molar refractivity (Wildman–Crippen MR) is 74.6 cm³/mol. The Morgan fingerprint density at radius 3 is 2.56 bits per heavy atom. The predicted octanol–water partition coefficient (Wildman–Crippen LogP) is 0.848. The van der Waals surface area contributed by atoms with Crippen LogP contribution in [0.5, 0.6) is 0 Å². The highest BCUT2D eigenvalue weighted by atomic mass is 32.2. The van der Waals surface area contributed by atoms with E-state index in [-0.39, 0.29) is 17.3 Å². The Labute approximate surface area is 110 Å². The van der Waals surface area contributed by atoms with Gasteiger partial charge < -0.3 is 10.6 Å². The van der Waals surface area contributed by atoms with Crippen molar-refractivity contribution in [1.82, 2.24) is 4.90 Å². The van der Waals surface area contributed by atoms with E-state index in [1.807, 2.05) is 20.9 Å². The molecular formula is C12H25N3O2S. The average Bonchev–Trinajstić information content (AvgIpc) is 2.58. The van der Waals surface area contributed by atoms with Crippen LogP contribution in [0.1, 0.15) is 33.1 Å². The molecule has 1 heterocycles. The van der Waals surface area contributed by atoms with Crippen molar-refractivity contribution in [2.75, 3.05) is 25.1 Å². The first kappa shape index (κ1) is 15.4. The second kappa shape index (κ2) is 5.57. The molecule has 1 unspecified atom stereocenters. The Morgan fingerprint density at radius 2 is 2.11 bits per heavy atom. The zero-order chi connectivity index (χ0) is 14.0. The van der Waals surface area contributed by atoms with Crippen molar-refractivity contribution in [3.8, 4) is 0 Å². The number of nitrogens with one attached hydrogen (secondary N) is 1. The molecule has 106 valence electrons. The smallest absolute Gasteiger partial charge is 0.151 e. The van der Waals surface area contributed by atoms with Gasteiger partial charge >= 0.3 is 0 Å². The second-order valence-corrected chi connectivity index (χ2v) is 8.17. The summed E-state index contributed by atoms with van der Waals surface area (Å²) in [6.45, 7) is 4.79. The van der Waals surface area contributed by atoms with E-state index in [1.54, 1.807) is 0 Å². The minimum atomic E-state index is -2.80. The molecule has 1 aliphatic rings. The summed E-state index contributed by atoms with van der Waals surface area (Å²) in [5, 5.41) is 7.49. The van der Waals surface area contributed by atoms with Gasteiger partial charge in [0.2, 0.25) is 0 Å². The monoisotopic (exact) mass is 275 g/mol. The summed E-state index contributed by atoms with van der Waals surface area (Å²) < 4.78 is 22.8. The maximum Gasteiger partial charge on any atom is 0.151 e. The van der Waals surface area contributed by atoms with Gasteiger partial charge in [0.15, 0.2) is 9.84 Å². The molecular weight excluding hydrogens is 250 g/mol. The second-order valence-electron chi connectivity index (χ2n) is 5.94. The van der Waals surface area contributed by atoms with E-state index in [2.05, 4.69) is 4.90 Å². The third-order valence-electron chi connectivity index (χ3n) is 3.87. The van der Waals surface area contributed by atoms with Crippen molar-refractivity contribution in [2.24, 2.45) is 11.1 Å². The molecule has 0 aromatic carbocycles. The Bertz CT molecular complexity index is 404. The highest BCUT2D eigenvalue weighted by Gasteiger charge is 2.30. The number of rotatable bonds is 6. The number of nitrogens with two attached hydrogens (primary N) is 1. The molecule has 0 aliphatic carbocycles. The quantitative estimate of drug-likeness (QED) is 0.555. The first-order valence-corrected chi connectivity index (χ1v) is 8.21. The summed E-state index contributed by atoms with van der Waals surface area (Å²) in [4.78, 5) is 2.13. The molecule has 0 aromatic heterocycles. The first-order chi connectivity index (χ1) is 8.14. The van der Waals surface area contributed by atoms with Crippen molar-refractivity contribution >= 4 is 15.7 Å². The van der Waals surface area contributed by atoms with Gasteiger partial charge in [0.05, 0.1) is 17.3 Å². The lowest BCUT2D eigenvalue weighted by Crippen LogP contribution is -2.35. The molecule has 6 heteroatoms. The molecule has 0 radical (unpaired) electrons. The number of hydrogen-bond acceptors (Lipinski definition) is 4. The van der Waals surface area contributed by atoms with Gasteiger partial charge in [-0.25, -0.2) is 8.42 Å². The molecule has 3 N–H and O–H groups in total. The lowest BCUT2D eigenvalue weighted by molar-refractivity contribution is 0.247. The van der Waals surface area contributed by atoms with Crippen LogP contribution in [0.2, 0.25) is 0 Å². The van der Waals surface area contributed by atoms with Crippen LogP contribution in [0.15, 0.2) is 0 Å². The van der Waals surface area contributed by atoms with Crippen molar-refractivity contribution in [3.05, 3.63) is 0 Å². The van der Waals surface area contributed by atoms with Crippen molar-refractivity contribution in [3.63, 3.8) is 0 Å². The third kappa shape index (κ3) is 4.24. The molecule has 0 bridgehead atoms. The molecule has 1 rings (SSSR count). The van der Waals surface area contributed by atoms with E-state index >= 15 is 0 Å². The normalized spacial score (nSPS) is 23.4. The molecule has 0 amide bonds. The van der Waals surface area contributed by atoms with Gasteiger partial charge in [-0.3, -0.25) is 5.41 Å². The van der Waals surface area contributed by atoms with Crippen LogP contribution in [-0.2, 0) is 9.84 Å². The fraction of sp³-hybridized carbons (Fsp3) is 0.917. The topological polar surface area (TPSA) is 87.2 Å². The van der Waals surface area contributed by atoms with Gasteiger partial charge in [0, 0.05) is 11.5 Å². The fourth-order valence-corrected chi connectivity index (χ4v) is 4.02. The molecule has 5 nitrogen and oxygen atoms in total. The standard InChI is InChI=1S/C12H25N3O2S/c1-12(2,11(13)14)6-4-7-15(3)10-5-8-18(16,17)9-10/h10H,4-9H2,1-3H3,(H3,13,14). The van der Waals surface area contributed by atoms with Crippen molar-refractivity contribution in [1.29, 1.82) is 5.41 Å². The summed E-state index contributed by atoms with van der Waals surface area (Å²) in [7, 11) is -0.825. The minimum absolute atomic E-state index is 0.162. The molecule has 1 aliphatic heterocycles. The third-order valence-corrected chi connectivity index (χ3v) is 5.62. The van der Waals surface area contributed by atoms with Gasteiger partial charge in [-0.1, -0.05) is 13.8 Å². The summed E-state index contributed by atoms with van der Waals surface area (Å²) in [5.41, 5.74) is 5.27. The van der Waals surface area contributed by atoms with Crippen LogP contribution in [0, 0.1) is 10.8 Å². The zero-order valence-corrected chi connectivity index (χ0v) is 12.4. The Kier molecular flexibility index (Phi) is 4.78. The highest BCUT2D eigenvalue weighted by Crippen LogP contribution is 2.23. The fourth-order valence-electron chi connectivity index (χ4n) is 2.21. The van der Waals surface area contributed by atoms with Crippen LogP contribution in [0.4, 0.5) is 0 Å². The van der Waals surface area contributed by atoms with E-state index in [4.69, 9.17) is 11.1 Å². The van der Waals surface area contributed by atoms with Gasteiger partial charge in [0.1, 0.15) is 0 Å². The average molecular weight is 275 g/mol. The van der Waals surface area contributed by atoms with Crippen molar-refractivity contribution in [2.45, 2.75) is 39.2 Å². The van der Waals surface area contributed by atoms with Gasteiger partial charge in [-0.2, -0.15) is 0 Å². The van der Waals surface area contributed by atoms with E-state index in [9.17, 15) is 8.42 Å². The molecule has 0 aromatic rings. The van der Waals surface area contributed by atoms with Crippen LogP contribution < -0.4 is 5.73 Å². The van der Waals surface area contributed by atoms with E-state index < -0.39 is 9.84 Å². The van der Waals surface area contributed by atoms with E-state index in [0.717, 1.165) is 25.8 Å². The molecule has 0 spiro atoms. The molecule has 1 saturated heterocycles. The lowest BCUT2D eigenvalue weighted by Gasteiger charge is -2.27. The number of nitrogens with zero attached hydrogens (tertiary/aromatic N) is 1. The first-order valence-electron chi connectivity index (χ1n) is 6.39. The van der Waals surface area contributed by atoms with Crippen LogP contribution in [0.25, 0.3) is 0 Å².